The van der Waals surface area contributed by atoms with E-state index in [9.17, 15) is 4.79 Å². The standard InChI is InChI=1S/C27H25N5OS/c1-19-15-16-23(32(19)21-12-6-3-7-13-21)26-25(22-14-8-9-17-28-22)30-27(34)31(26)18-24(33)29-20-10-4-2-5-11-20/h2-17,25-26H,18H2,1H3,(H,29,33)(H,30,34)/t25-,26-/m1/s1. The highest BCUT2D eigenvalue weighted by Crippen LogP contribution is 2.40. The van der Waals surface area contributed by atoms with Crippen molar-refractivity contribution in [3.8, 4) is 5.69 Å². The van der Waals surface area contributed by atoms with E-state index >= 15 is 0 Å². The smallest absolute Gasteiger partial charge is 0.244 e. The lowest BCUT2D eigenvalue weighted by Crippen LogP contribution is -2.37. The number of thiocarbonyl (C=S) groups is 1. The maximum Gasteiger partial charge on any atom is 0.244 e. The summed E-state index contributed by atoms with van der Waals surface area (Å²) < 4.78 is 2.22. The van der Waals surface area contributed by atoms with Crippen molar-refractivity contribution in [3.05, 3.63) is 114 Å². The van der Waals surface area contributed by atoms with E-state index in [-0.39, 0.29) is 24.5 Å². The van der Waals surface area contributed by atoms with E-state index in [4.69, 9.17) is 12.2 Å². The number of anilines is 1. The summed E-state index contributed by atoms with van der Waals surface area (Å²) in [4.78, 5) is 19.6. The number of para-hydroxylation sites is 2. The minimum absolute atomic E-state index is 0.119. The molecule has 4 aromatic rings. The number of rotatable bonds is 6. The van der Waals surface area contributed by atoms with Crippen molar-refractivity contribution in [2.45, 2.75) is 19.0 Å². The number of carbonyl (C=O) groups excluding carboxylic acids is 1. The lowest BCUT2D eigenvalue weighted by atomic mass is 10.0. The first-order valence-electron chi connectivity index (χ1n) is 11.2. The van der Waals surface area contributed by atoms with Crippen LogP contribution in [0.4, 0.5) is 5.69 Å². The van der Waals surface area contributed by atoms with Gasteiger partial charge >= 0.3 is 0 Å². The molecule has 2 aromatic carbocycles. The van der Waals surface area contributed by atoms with Crippen LogP contribution >= 0.6 is 12.2 Å². The molecule has 1 saturated heterocycles. The summed E-state index contributed by atoms with van der Waals surface area (Å²) in [7, 11) is 0. The van der Waals surface area contributed by atoms with Gasteiger partial charge in [0.1, 0.15) is 6.54 Å². The third kappa shape index (κ3) is 4.30. The van der Waals surface area contributed by atoms with Gasteiger partial charge in [-0.1, -0.05) is 42.5 Å². The van der Waals surface area contributed by atoms with Gasteiger partial charge in [0.15, 0.2) is 5.11 Å². The second kappa shape index (κ2) is 9.49. The van der Waals surface area contributed by atoms with Gasteiger partial charge in [-0.25, -0.2) is 0 Å². The molecule has 1 amide bonds. The molecule has 1 aliphatic heterocycles. The first-order chi connectivity index (χ1) is 16.6. The predicted octanol–water partition coefficient (Wildman–Crippen LogP) is 4.79. The van der Waals surface area contributed by atoms with Crippen molar-refractivity contribution in [1.82, 2.24) is 19.8 Å². The minimum atomic E-state index is -0.224. The molecule has 3 heterocycles. The number of hydrogen-bond donors (Lipinski definition) is 2. The van der Waals surface area contributed by atoms with E-state index in [1.807, 2.05) is 71.6 Å². The molecule has 0 unspecified atom stereocenters. The maximum absolute atomic E-state index is 13.0. The highest BCUT2D eigenvalue weighted by atomic mass is 32.1. The first kappa shape index (κ1) is 21.9. The average molecular weight is 468 g/mol. The zero-order valence-corrected chi connectivity index (χ0v) is 19.6. The number of nitrogens with one attached hydrogen (secondary N) is 2. The monoisotopic (exact) mass is 467 g/mol. The molecular formula is C27H25N5OS. The van der Waals surface area contributed by atoms with Gasteiger partial charge in [-0.05, 0) is 67.7 Å². The molecule has 6 nitrogen and oxygen atoms in total. The van der Waals surface area contributed by atoms with Gasteiger partial charge in [0.05, 0.1) is 17.8 Å². The Hall–Kier alpha value is -3.97. The molecule has 2 aromatic heterocycles. The molecular weight excluding hydrogens is 442 g/mol. The summed E-state index contributed by atoms with van der Waals surface area (Å²) in [5.74, 6) is -0.128. The summed E-state index contributed by atoms with van der Waals surface area (Å²) in [6.07, 6.45) is 1.78. The quantitative estimate of drug-likeness (QED) is 0.399. The van der Waals surface area contributed by atoms with E-state index < -0.39 is 0 Å². The van der Waals surface area contributed by atoms with E-state index in [1.165, 1.54) is 0 Å². The summed E-state index contributed by atoms with van der Waals surface area (Å²) in [6.45, 7) is 2.20. The number of benzene rings is 2. The number of aryl methyl sites for hydroxylation is 1. The van der Waals surface area contributed by atoms with Crippen molar-refractivity contribution < 1.29 is 4.79 Å². The summed E-state index contributed by atoms with van der Waals surface area (Å²) in [5.41, 5.74) is 4.84. The number of hydrogen-bond acceptors (Lipinski definition) is 3. The van der Waals surface area contributed by atoms with Crippen LogP contribution in [0.3, 0.4) is 0 Å². The number of carbonyl (C=O) groups is 1. The van der Waals surface area contributed by atoms with Crippen LogP contribution < -0.4 is 10.6 Å². The van der Waals surface area contributed by atoms with Gasteiger partial charge in [0.25, 0.3) is 0 Å². The number of pyridine rings is 1. The van der Waals surface area contributed by atoms with Crippen LogP contribution in [0.15, 0.2) is 97.2 Å². The molecule has 0 spiro atoms. The van der Waals surface area contributed by atoms with Crippen molar-refractivity contribution in [2.75, 3.05) is 11.9 Å². The van der Waals surface area contributed by atoms with Crippen molar-refractivity contribution in [2.24, 2.45) is 0 Å². The fourth-order valence-corrected chi connectivity index (χ4v) is 4.80. The van der Waals surface area contributed by atoms with E-state index in [2.05, 4.69) is 51.4 Å². The van der Waals surface area contributed by atoms with Crippen LogP contribution in [-0.4, -0.2) is 32.0 Å². The molecule has 0 bridgehead atoms. The minimum Gasteiger partial charge on any atom is -0.352 e. The van der Waals surface area contributed by atoms with E-state index in [0.29, 0.717) is 5.11 Å². The lowest BCUT2D eigenvalue weighted by Gasteiger charge is -2.29. The largest absolute Gasteiger partial charge is 0.352 e. The Morgan fingerprint density at radius 2 is 1.68 bits per heavy atom. The van der Waals surface area contributed by atoms with Crippen LogP contribution in [0.2, 0.25) is 0 Å². The SMILES string of the molecule is Cc1ccc([C@@H]2[C@@H](c3ccccn3)NC(=S)N2CC(=O)Nc2ccccc2)n1-c1ccccc1. The van der Waals surface area contributed by atoms with Crippen LogP contribution in [0, 0.1) is 6.92 Å². The maximum atomic E-state index is 13.0. The summed E-state index contributed by atoms with van der Waals surface area (Å²) in [6, 6.07) is 29.3. The Morgan fingerprint density at radius 1 is 0.971 bits per heavy atom. The van der Waals surface area contributed by atoms with E-state index in [0.717, 1.165) is 28.5 Å². The molecule has 1 fully saturated rings. The molecule has 0 radical (unpaired) electrons. The van der Waals surface area contributed by atoms with Crippen LogP contribution in [0.1, 0.15) is 29.2 Å². The molecule has 170 valence electrons. The van der Waals surface area contributed by atoms with Crippen molar-refractivity contribution >= 4 is 28.9 Å². The Bertz CT molecular complexity index is 1290. The van der Waals surface area contributed by atoms with Crippen molar-refractivity contribution in [1.29, 1.82) is 0 Å². The van der Waals surface area contributed by atoms with Gasteiger partial charge in [0, 0.05) is 29.0 Å². The molecule has 34 heavy (non-hydrogen) atoms. The average Bonchev–Trinajstić information content (AvgIpc) is 3.40. The van der Waals surface area contributed by atoms with Gasteiger partial charge in [0.2, 0.25) is 5.91 Å². The second-order valence-electron chi connectivity index (χ2n) is 8.24. The Balaban J connectivity index is 1.54. The topological polar surface area (TPSA) is 62.2 Å². The summed E-state index contributed by atoms with van der Waals surface area (Å²) in [5, 5.41) is 6.93. The molecule has 2 N–H and O–H groups in total. The Morgan fingerprint density at radius 3 is 2.38 bits per heavy atom. The zero-order valence-electron chi connectivity index (χ0n) is 18.8. The number of amides is 1. The van der Waals surface area contributed by atoms with Crippen molar-refractivity contribution in [3.63, 3.8) is 0 Å². The normalized spacial score (nSPS) is 17.4. The fraction of sp³-hybridized carbons (Fsp3) is 0.148. The Kier molecular flexibility index (Phi) is 6.10. The Labute approximate surface area is 204 Å². The number of nitrogens with zero attached hydrogens (tertiary/aromatic N) is 3. The van der Waals surface area contributed by atoms with Gasteiger partial charge in [-0.3, -0.25) is 9.78 Å². The third-order valence-corrected chi connectivity index (χ3v) is 6.35. The fourth-order valence-electron chi connectivity index (χ4n) is 4.49. The zero-order chi connectivity index (χ0) is 23.5. The molecule has 5 rings (SSSR count). The van der Waals surface area contributed by atoms with Crippen LogP contribution in [0.5, 0.6) is 0 Å². The van der Waals surface area contributed by atoms with Crippen LogP contribution in [0.25, 0.3) is 5.69 Å². The second-order valence-corrected chi connectivity index (χ2v) is 8.63. The van der Waals surface area contributed by atoms with E-state index in [1.54, 1.807) is 6.20 Å². The van der Waals surface area contributed by atoms with Gasteiger partial charge in [-0.2, -0.15) is 0 Å². The first-order valence-corrected chi connectivity index (χ1v) is 11.6. The molecule has 2 atom stereocenters. The summed E-state index contributed by atoms with van der Waals surface area (Å²) >= 11 is 5.74. The van der Waals surface area contributed by atoms with Gasteiger partial charge in [-0.15, -0.1) is 0 Å². The molecule has 7 heteroatoms. The molecule has 1 aliphatic rings. The molecule has 0 aliphatic carbocycles. The third-order valence-electron chi connectivity index (χ3n) is 5.99. The highest BCUT2D eigenvalue weighted by molar-refractivity contribution is 7.80. The lowest BCUT2D eigenvalue weighted by molar-refractivity contribution is -0.116. The highest BCUT2D eigenvalue weighted by Gasteiger charge is 2.42. The van der Waals surface area contributed by atoms with Crippen LogP contribution in [-0.2, 0) is 4.79 Å². The van der Waals surface area contributed by atoms with Gasteiger partial charge < -0.3 is 20.1 Å². The number of aromatic nitrogens is 2. The predicted molar refractivity (Wildman–Crippen MR) is 138 cm³/mol. The molecule has 0 saturated carbocycles.